The minimum Gasteiger partial charge on any atom is -0.382 e. The number of anilines is 1. The second kappa shape index (κ2) is 4.40. The van der Waals surface area contributed by atoms with Gasteiger partial charge in [-0.05, 0) is 20.8 Å². The molecule has 0 saturated carbocycles. The quantitative estimate of drug-likeness (QED) is 0.670. The fraction of sp³-hybridized carbons (Fsp3) is 0.500. The number of hydrogen-bond donors (Lipinski definition) is 1. The van der Waals surface area contributed by atoms with Crippen LogP contribution >= 0.6 is 0 Å². The van der Waals surface area contributed by atoms with Crippen LogP contribution in [-0.2, 0) is 5.54 Å². The third-order valence-corrected chi connectivity index (χ3v) is 2.08. The lowest BCUT2D eigenvalue weighted by Crippen LogP contribution is -2.35. The van der Waals surface area contributed by atoms with E-state index >= 15 is 0 Å². The van der Waals surface area contributed by atoms with Gasteiger partial charge in [-0.1, -0.05) is 18.8 Å². The molecule has 0 aliphatic heterocycles. The molecule has 1 heterocycles. The molecule has 16 heavy (non-hydrogen) atoms. The van der Waals surface area contributed by atoms with Gasteiger partial charge in [-0.3, -0.25) is 4.57 Å². The summed E-state index contributed by atoms with van der Waals surface area (Å²) in [6.45, 7) is 7.76. The summed E-state index contributed by atoms with van der Waals surface area (Å²) in [5.74, 6) is 6.02. The molecule has 1 rings (SSSR count). The Morgan fingerprint density at radius 2 is 2.12 bits per heavy atom. The van der Waals surface area contributed by atoms with Gasteiger partial charge in [0.2, 0.25) is 0 Å². The van der Waals surface area contributed by atoms with Gasteiger partial charge in [-0.25, -0.2) is 4.79 Å². The summed E-state index contributed by atoms with van der Waals surface area (Å²) in [6, 6.07) is 0. The number of nitrogens with two attached hydrogens (primary N) is 1. The Morgan fingerprint density at radius 1 is 1.50 bits per heavy atom. The minimum absolute atomic E-state index is 0.200. The summed E-state index contributed by atoms with van der Waals surface area (Å²) in [6.07, 6.45) is 2.42. The second-order valence-electron chi connectivity index (χ2n) is 4.52. The molecule has 4 heteroatoms. The lowest BCUT2D eigenvalue weighted by molar-refractivity contribution is 0.377. The predicted molar refractivity (Wildman–Crippen MR) is 65.1 cm³/mol. The predicted octanol–water partition coefficient (Wildman–Crippen LogP) is 1.34. The molecule has 2 N–H and O–H groups in total. The highest BCUT2D eigenvalue weighted by Crippen LogP contribution is 2.12. The topological polar surface area (TPSA) is 60.9 Å². The molecular formula is C12H17N3O. The van der Waals surface area contributed by atoms with Crippen molar-refractivity contribution < 1.29 is 0 Å². The second-order valence-corrected chi connectivity index (χ2v) is 4.52. The molecule has 0 aliphatic rings. The van der Waals surface area contributed by atoms with Crippen LogP contribution in [0.4, 0.5) is 5.82 Å². The van der Waals surface area contributed by atoms with Crippen LogP contribution in [0.5, 0.6) is 0 Å². The zero-order valence-corrected chi connectivity index (χ0v) is 10.2. The normalized spacial score (nSPS) is 10.8. The van der Waals surface area contributed by atoms with E-state index in [9.17, 15) is 4.79 Å². The molecule has 0 radical (unpaired) electrons. The van der Waals surface area contributed by atoms with Gasteiger partial charge in [0.05, 0.1) is 5.56 Å². The molecule has 0 saturated heterocycles. The van der Waals surface area contributed by atoms with Gasteiger partial charge in [0, 0.05) is 18.2 Å². The Kier molecular flexibility index (Phi) is 3.38. The molecule has 0 amide bonds. The summed E-state index contributed by atoms with van der Waals surface area (Å²) < 4.78 is 1.54. The lowest BCUT2D eigenvalue weighted by Gasteiger charge is -2.21. The van der Waals surface area contributed by atoms with Gasteiger partial charge < -0.3 is 5.73 Å². The third-order valence-electron chi connectivity index (χ3n) is 2.08. The Bertz CT molecular complexity index is 498. The zero-order valence-electron chi connectivity index (χ0n) is 10.2. The van der Waals surface area contributed by atoms with Gasteiger partial charge >= 0.3 is 5.69 Å². The molecule has 1 aromatic heterocycles. The van der Waals surface area contributed by atoms with Crippen molar-refractivity contribution in [2.24, 2.45) is 0 Å². The average molecular weight is 219 g/mol. The van der Waals surface area contributed by atoms with Crippen molar-refractivity contribution in [1.82, 2.24) is 9.55 Å². The molecule has 4 nitrogen and oxygen atoms in total. The first-order valence-electron chi connectivity index (χ1n) is 5.24. The van der Waals surface area contributed by atoms with E-state index in [-0.39, 0.29) is 17.0 Å². The van der Waals surface area contributed by atoms with Crippen LogP contribution in [0, 0.1) is 11.8 Å². The third kappa shape index (κ3) is 2.63. The maximum atomic E-state index is 11.6. The molecule has 86 valence electrons. The Balaban J connectivity index is 3.39. The van der Waals surface area contributed by atoms with Crippen LogP contribution in [0.2, 0.25) is 0 Å². The maximum absolute atomic E-state index is 11.6. The van der Waals surface area contributed by atoms with Crippen molar-refractivity contribution >= 4 is 5.82 Å². The SMILES string of the molecule is CCC#Cc1cn(C(C)(C)C)c(=O)nc1N. The van der Waals surface area contributed by atoms with Crippen molar-refractivity contribution in [3.05, 3.63) is 22.2 Å². The van der Waals surface area contributed by atoms with Crippen LogP contribution in [0.3, 0.4) is 0 Å². The fourth-order valence-electron chi connectivity index (χ4n) is 1.23. The van der Waals surface area contributed by atoms with E-state index in [0.29, 0.717) is 5.56 Å². The largest absolute Gasteiger partial charge is 0.382 e. The molecular weight excluding hydrogens is 202 g/mol. The number of nitrogen functional groups attached to an aromatic ring is 1. The number of hydrogen-bond acceptors (Lipinski definition) is 3. The van der Waals surface area contributed by atoms with Crippen LogP contribution in [-0.4, -0.2) is 9.55 Å². The van der Waals surface area contributed by atoms with Crippen LogP contribution < -0.4 is 11.4 Å². The first-order chi connectivity index (χ1) is 7.36. The number of aromatic nitrogens is 2. The molecule has 0 atom stereocenters. The summed E-state index contributed by atoms with van der Waals surface area (Å²) in [4.78, 5) is 15.4. The molecule has 1 aromatic rings. The zero-order chi connectivity index (χ0) is 12.3. The monoisotopic (exact) mass is 219 g/mol. The van der Waals surface area contributed by atoms with Gasteiger partial charge in [-0.15, -0.1) is 0 Å². The number of nitrogens with zero attached hydrogens (tertiary/aromatic N) is 2. The van der Waals surface area contributed by atoms with E-state index in [2.05, 4.69) is 16.8 Å². The van der Waals surface area contributed by atoms with Gasteiger partial charge in [0.15, 0.2) is 0 Å². The van der Waals surface area contributed by atoms with E-state index in [0.717, 1.165) is 6.42 Å². The molecule has 0 spiro atoms. The minimum atomic E-state index is -0.341. The summed E-state index contributed by atoms with van der Waals surface area (Å²) in [7, 11) is 0. The molecule has 0 bridgehead atoms. The van der Waals surface area contributed by atoms with E-state index < -0.39 is 0 Å². The van der Waals surface area contributed by atoms with Gasteiger partial charge in [0.1, 0.15) is 5.82 Å². The Hall–Kier alpha value is -1.76. The molecule has 0 aromatic carbocycles. The van der Waals surface area contributed by atoms with Crippen molar-refractivity contribution in [3.8, 4) is 11.8 Å². The van der Waals surface area contributed by atoms with Crippen molar-refractivity contribution in [1.29, 1.82) is 0 Å². The summed E-state index contributed by atoms with van der Waals surface area (Å²) >= 11 is 0. The van der Waals surface area contributed by atoms with E-state index in [1.807, 2.05) is 27.7 Å². The Labute approximate surface area is 95.5 Å². The number of rotatable bonds is 0. The summed E-state index contributed by atoms with van der Waals surface area (Å²) in [5, 5.41) is 0. The average Bonchev–Trinajstić information content (AvgIpc) is 2.14. The van der Waals surface area contributed by atoms with E-state index in [4.69, 9.17) is 5.73 Å². The van der Waals surface area contributed by atoms with Gasteiger partial charge in [0.25, 0.3) is 0 Å². The first kappa shape index (κ1) is 12.3. The fourth-order valence-corrected chi connectivity index (χ4v) is 1.23. The standard InChI is InChI=1S/C12H17N3O/c1-5-6-7-9-8-15(12(2,3)4)11(16)14-10(9)13/h8H,5H2,1-4H3,(H2,13,14,16). The first-order valence-corrected chi connectivity index (χ1v) is 5.24. The highest BCUT2D eigenvalue weighted by Gasteiger charge is 2.16. The lowest BCUT2D eigenvalue weighted by atomic mass is 10.1. The van der Waals surface area contributed by atoms with Crippen molar-refractivity contribution in [3.63, 3.8) is 0 Å². The molecule has 0 unspecified atom stereocenters. The maximum Gasteiger partial charge on any atom is 0.350 e. The molecule has 0 fully saturated rings. The van der Waals surface area contributed by atoms with E-state index in [1.54, 1.807) is 10.8 Å². The van der Waals surface area contributed by atoms with Crippen LogP contribution in [0.1, 0.15) is 39.7 Å². The highest BCUT2D eigenvalue weighted by atomic mass is 16.1. The molecule has 0 aliphatic carbocycles. The van der Waals surface area contributed by atoms with E-state index in [1.165, 1.54) is 0 Å². The van der Waals surface area contributed by atoms with Crippen molar-refractivity contribution in [2.45, 2.75) is 39.7 Å². The van der Waals surface area contributed by atoms with Crippen molar-refractivity contribution in [2.75, 3.05) is 5.73 Å². The van der Waals surface area contributed by atoms with Crippen LogP contribution in [0.15, 0.2) is 11.0 Å². The highest BCUT2D eigenvalue weighted by molar-refractivity contribution is 5.48. The van der Waals surface area contributed by atoms with Gasteiger partial charge in [-0.2, -0.15) is 4.98 Å². The smallest absolute Gasteiger partial charge is 0.350 e. The Morgan fingerprint density at radius 3 is 2.62 bits per heavy atom. The summed E-state index contributed by atoms with van der Waals surface area (Å²) in [5.41, 5.74) is 5.60. The van der Waals surface area contributed by atoms with Crippen LogP contribution in [0.25, 0.3) is 0 Å².